The minimum atomic E-state index is -0.370. The summed E-state index contributed by atoms with van der Waals surface area (Å²) in [4.78, 5) is 18.0. The molecule has 32 heavy (non-hydrogen) atoms. The van der Waals surface area contributed by atoms with Crippen LogP contribution in [-0.2, 0) is 11.3 Å². The molecule has 2 N–H and O–H groups in total. The molecule has 1 fully saturated rings. The molecule has 1 atom stereocenters. The number of hydrogen-bond acceptors (Lipinski definition) is 5. The van der Waals surface area contributed by atoms with Crippen molar-refractivity contribution < 1.29 is 14.6 Å². The van der Waals surface area contributed by atoms with Crippen LogP contribution in [0.3, 0.4) is 0 Å². The Morgan fingerprint density at radius 1 is 0.969 bits per heavy atom. The first-order valence-electron chi connectivity index (χ1n) is 10.9. The zero-order chi connectivity index (χ0) is 22.3. The van der Waals surface area contributed by atoms with Crippen molar-refractivity contribution in [3.05, 3.63) is 90.0 Å². The van der Waals surface area contributed by atoms with Gasteiger partial charge in [-0.2, -0.15) is 0 Å². The fourth-order valence-corrected chi connectivity index (χ4v) is 4.17. The van der Waals surface area contributed by atoms with Crippen molar-refractivity contribution in [2.45, 2.75) is 12.6 Å². The molecular weight excluding hydrogens is 402 g/mol. The average molecular weight is 432 g/mol. The normalized spacial score (nSPS) is 15.8. The molecule has 3 aromatic rings. The summed E-state index contributed by atoms with van der Waals surface area (Å²) in [5.74, 6) is 0.949. The Hall–Kier alpha value is -3.35. The monoisotopic (exact) mass is 431 g/mol. The molecule has 3 aromatic carbocycles. The summed E-state index contributed by atoms with van der Waals surface area (Å²) in [6.45, 7) is 4.05. The number of rotatable bonds is 7. The van der Waals surface area contributed by atoms with Crippen LogP contribution in [0.15, 0.2) is 78.9 Å². The number of nitrogens with one attached hydrogen (secondary N) is 1. The molecule has 4 rings (SSSR count). The Morgan fingerprint density at radius 3 is 2.44 bits per heavy atom. The summed E-state index contributed by atoms with van der Waals surface area (Å²) in [5.41, 5.74) is 2.79. The van der Waals surface area contributed by atoms with Crippen molar-refractivity contribution >= 4 is 11.6 Å². The third kappa shape index (κ3) is 5.46. The van der Waals surface area contributed by atoms with E-state index in [1.54, 1.807) is 19.2 Å². The van der Waals surface area contributed by atoms with Crippen LogP contribution in [0.25, 0.3) is 0 Å². The number of piperazine rings is 1. The molecule has 0 radical (unpaired) electrons. The number of methoxy groups -OCH3 is 1. The second-order valence-corrected chi connectivity index (χ2v) is 8.02. The van der Waals surface area contributed by atoms with Gasteiger partial charge in [-0.3, -0.25) is 14.6 Å². The van der Waals surface area contributed by atoms with Gasteiger partial charge in [0.1, 0.15) is 17.5 Å². The van der Waals surface area contributed by atoms with Crippen LogP contribution >= 0.6 is 0 Å². The number of benzene rings is 3. The molecular formula is C26H29N3O3. The van der Waals surface area contributed by atoms with Crippen molar-refractivity contribution in [2.75, 3.05) is 38.6 Å². The first-order chi connectivity index (χ1) is 15.6. The number of nitrogens with zero attached hydrogens (tertiary/aromatic N) is 2. The number of aromatic hydroxyl groups is 1. The number of amides is 1. The highest BCUT2D eigenvalue weighted by atomic mass is 16.5. The van der Waals surface area contributed by atoms with Crippen LogP contribution < -0.4 is 10.1 Å². The second kappa shape index (κ2) is 10.3. The van der Waals surface area contributed by atoms with E-state index in [-0.39, 0.29) is 11.9 Å². The van der Waals surface area contributed by atoms with Crippen molar-refractivity contribution in [1.29, 1.82) is 0 Å². The van der Waals surface area contributed by atoms with Crippen LogP contribution in [0.2, 0.25) is 0 Å². The molecule has 1 saturated heterocycles. The average Bonchev–Trinajstić information content (AvgIpc) is 2.81. The third-order valence-electron chi connectivity index (χ3n) is 5.79. The number of ether oxygens (including phenoxy) is 1. The van der Waals surface area contributed by atoms with Gasteiger partial charge in [0.05, 0.1) is 7.11 Å². The van der Waals surface area contributed by atoms with E-state index in [9.17, 15) is 9.90 Å². The lowest BCUT2D eigenvalue weighted by molar-refractivity contribution is -0.122. The van der Waals surface area contributed by atoms with E-state index < -0.39 is 0 Å². The van der Waals surface area contributed by atoms with Gasteiger partial charge in [-0.25, -0.2) is 0 Å². The lowest BCUT2D eigenvalue weighted by Gasteiger charge is -2.38. The predicted molar refractivity (Wildman–Crippen MR) is 126 cm³/mol. The lowest BCUT2D eigenvalue weighted by atomic mass is 10.0. The SMILES string of the molecule is COc1cccc(NC(=O)[C@@H](c2ccccc2)N2CCN(Cc3cccc(O)c3)CC2)c1. The van der Waals surface area contributed by atoms with E-state index in [2.05, 4.69) is 15.1 Å². The van der Waals surface area contributed by atoms with Gasteiger partial charge in [-0.15, -0.1) is 0 Å². The smallest absolute Gasteiger partial charge is 0.246 e. The number of carbonyl (C=O) groups excluding carboxylic acids is 1. The van der Waals surface area contributed by atoms with Crippen LogP contribution in [0, 0.1) is 0 Å². The zero-order valence-corrected chi connectivity index (χ0v) is 18.3. The molecule has 0 saturated carbocycles. The molecule has 0 aromatic heterocycles. The molecule has 1 amide bonds. The van der Waals surface area contributed by atoms with Crippen LogP contribution in [-0.4, -0.2) is 54.1 Å². The summed E-state index contributed by atoms with van der Waals surface area (Å²) >= 11 is 0. The van der Waals surface area contributed by atoms with Crippen LogP contribution in [0.4, 0.5) is 5.69 Å². The van der Waals surface area contributed by atoms with Crippen molar-refractivity contribution in [3.8, 4) is 11.5 Å². The van der Waals surface area contributed by atoms with E-state index >= 15 is 0 Å². The topological polar surface area (TPSA) is 65.0 Å². The summed E-state index contributed by atoms with van der Waals surface area (Å²) < 4.78 is 5.28. The minimum Gasteiger partial charge on any atom is -0.508 e. The molecule has 1 aliphatic rings. The molecule has 6 nitrogen and oxygen atoms in total. The second-order valence-electron chi connectivity index (χ2n) is 8.02. The maximum atomic E-state index is 13.4. The highest BCUT2D eigenvalue weighted by Gasteiger charge is 2.30. The number of hydrogen-bond donors (Lipinski definition) is 2. The van der Waals surface area contributed by atoms with Gasteiger partial charge < -0.3 is 15.2 Å². The Morgan fingerprint density at radius 2 is 1.72 bits per heavy atom. The van der Waals surface area contributed by atoms with Gasteiger partial charge in [0, 0.05) is 44.5 Å². The Labute approximate surface area is 189 Å². The van der Waals surface area contributed by atoms with E-state index in [1.165, 1.54) is 0 Å². The number of phenols is 1. The summed E-state index contributed by atoms with van der Waals surface area (Å²) in [6.07, 6.45) is 0. The number of anilines is 1. The van der Waals surface area contributed by atoms with Gasteiger partial charge in [0.25, 0.3) is 0 Å². The summed E-state index contributed by atoms with van der Waals surface area (Å²) in [6, 6.07) is 24.4. The molecule has 0 aliphatic carbocycles. The largest absolute Gasteiger partial charge is 0.508 e. The van der Waals surface area contributed by atoms with Gasteiger partial charge in [0.2, 0.25) is 5.91 Å². The highest BCUT2D eigenvalue weighted by Crippen LogP contribution is 2.26. The van der Waals surface area contributed by atoms with Gasteiger partial charge in [-0.1, -0.05) is 48.5 Å². The maximum absolute atomic E-state index is 13.4. The minimum absolute atomic E-state index is 0.0501. The van der Waals surface area contributed by atoms with Gasteiger partial charge in [0.15, 0.2) is 0 Å². The van der Waals surface area contributed by atoms with E-state index in [1.807, 2.05) is 66.7 Å². The van der Waals surface area contributed by atoms with E-state index in [0.29, 0.717) is 11.5 Å². The molecule has 1 heterocycles. The maximum Gasteiger partial charge on any atom is 0.246 e. The molecule has 0 spiro atoms. The van der Waals surface area contributed by atoms with Crippen molar-refractivity contribution in [3.63, 3.8) is 0 Å². The van der Waals surface area contributed by atoms with E-state index in [0.717, 1.165) is 49.5 Å². The Kier molecular flexibility index (Phi) is 7.04. The van der Waals surface area contributed by atoms with Crippen molar-refractivity contribution in [1.82, 2.24) is 9.80 Å². The predicted octanol–water partition coefficient (Wildman–Crippen LogP) is 3.90. The first kappa shape index (κ1) is 21.9. The van der Waals surface area contributed by atoms with Crippen LogP contribution in [0.1, 0.15) is 17.2 Å². The van der Waals surface area contributed by atoms with Crippen molar-refractivity contribution in [2.24, 2.45) is 0 Å². The third-order valence-corrected chi connectivity index (χ3v) is 5.79. The highest BCUT2D eigenvalue weighted by molar-refractivity contribution is 5.95. The standard InChI is InChI=1S/C26H29N3O3/c1-32-24-12-6-10-22(18-24)27-26(31)25(21-8-3-2-4-9-21)29-15-13-28(14-16-29)19-20-7-5-11-23(30)17-20/h2-12,17-18,25,30H,13-16,19H2,1H3,(H,27,31)/t25-/m1/s1. The fourth-order valence-electron chi connectivity index (χ4n) is 4.17. The molecule has 0 unspecified atom stereocenters. The Bertz CT molecular complexity index is 1030. The number of phenolic OH excluding ortho intramolecular Hbond substituents is 1. The fraction of sp³-hybridized carbons (Fsp3) is 0.269. The van der Waals surface area contributed by atoms with Gasteiger partial charge >= 0.3 is 0 Å². The molecule has 6 heteroatoms. The molecule has 0 bridgehead atoms. The molecule has 1 aliphatic heterocycles. The zero-order valence-electron chi connectivity index (χ0n) is 18.3. The van der Waals surface area contributed by atoms with Crippen LogP contribution in [0.5, 0.6) is 11.5 Å². The quantitative estimate of drug-likeness (QED) is 0.594. The Balaban J connectivity index is 1.46. The lowest BCUT2D eigenvalue weighted by Crippen LogP contribution is -2.49. The molecule has 166 valence electrons. The van der Waals surface area contributed by atoms with Gasteiger partial charge in [-0.05, 0) is 35.4 Å². The first-order valence-corrected chi connectivity index (χ1v) is 10.9. The van der Waals surface area contributed by atoms with E-state index in [4.69, 9.17) is 4.74 Å². The number of carbonyl (C=O) groups is 1. The summed E-state index contributed by atoms with van der Waals surface area (Å²) in [5, 5.41) is 12.8. The summed E-state index contributed by atoms with van der Waals surface area (Å²) in [7, 11) is 1.62.